The van der Waals surface area contributed by atoms with Gasteiger partial charge in [0.2, 0.25) is 5.91 Å². The molecule has 7 nitrogen and oxygen atoms in total. The van der Waals surface area contributed by atoms with Crippen molar-refractivity contribution >= 4 is 5.91 Å². The number of hydrogen-bond acceptors (Lipinski definition) is 4. The van der Waals surface area contributed by atoms with Crippen LogP contribution in [0.2, 0.25) is 0 Å². The van der Waals surface area contributed by atoms with E-state index in [1.54, 1.807) is 0 Å². The van der Waals surface area contributed by atoms with Gasteiger partial charge in [0.25, 0.3) is 0 Å². The number of rotatable bonds is 5. The molecule has 0 atom stereocenters. The third kappa shape index (κ3) is 3.99. The van der Waals surface area contributed by atoms with Crippen molar-refractivity contribution in [2.24, 2.45) is 7.05 Å². The van der Waals surface area contributed by atoms with Gasteiger partial charge in [-0.3, -0.25) is 9.36 Å². The third-order valence-electron chi connectivity index (χ3n) is 2.84. The number of aromatic nitrogens is 3. The van der Waals surface area contributed by atoms with Crippen molar-refractivity contribution in [3.05, 3.63) is 41.0 Å². The van der Waals surface area contributed by atoms with E-state index in [2.05, 4.69) is 5.10 Å². The molecule has 0 N–H and O–H groups in total. The molecule has 2 heterocycles. The van der Waals surface area contributed by atoms with Crippen LogP contribution in [0.4, 0.5) is 13.2 Å². The lowest BCUT2D eigenvalue weighted by atomic mass is 10.3. The van der Waals surface area contributed by atoms with Gasteiger partial charge in [-0.15, -0.1) is 0 Å². The lowest BCUT2D eigenvalue weighted by molar-refractivity contribution is -0.163. The lowest BCUT2D eigenvalue weighted by Crippen LogP contribution is -2.41. The fourth-order valence-corrected chi connectivity index (χ4v) is 1.82. The maximum absolute atomic E-state index is 12.6. The Labute approximate surface area is 122 Å². The summed E-state index contributed by atoms with van der Waals surface area (Å²) in [4.78, 5) is 24.2. The number of aryl methyl sites for hydroxylation is 1. The predicted molar refractivity (Wildman–Crippen MR) is 67.6 cm³/mol. The first-order valence-corrected chi connectivity index (χ1v) is 6.21. The number of alkyl halides is 3. The van der Waals surface area contributed by atoms with Crippen LogP contribution in [0.5, 0.6) is 0 Å². The summed E-state index contributed by atoms with van der Waals surface area (Å²) in [7, 11) is 1.37. The highest BCUT2D eigenvalue weighted by atomic mass is 19.4. The number of carbonyl (C=O) groups is 1. The number of carbonyl (C=O) groups excluding carboxylic acids is 1. The molecule has 22 heavy (non-hydrogen) atoms. The first kappa shape index (κ1) is 15.9. The molecule has 0 aliphatic heterocycles. The summed E-state index contributed by atoms with van der Waals surface area (Å²) in [6.45, 7) is -2.29. The van der Waals surface area contributed by atoms with Crippen LogP contribution in [-0.4, -0.2) is 37.9 Å². The second-order valence-corrected chi connectivity index (χ2v) is 4.61. The van der Waals surface area contributed by atoms with E-state index in [0.717, 1.165) is 15.6 Å². The Morgan fingerprint density at radius 1 is 1.45 bits per heavy atom. The molecule has 120 valence electrons. The van der Waals surface area contributed by atoms with Crippen molar-refractivity contribution in [3.63, 3.8) is 0 Å². The Hall–Kier alpha value is -2.52. The van der Waals surface area contributed by atoms with Crippen LogP contribution in [0.3, 0.4) is 0 Å². The molecule has 2 aromatic heterocycles. The normalized spacial score (nSPS) is 11.6. The molecule has 0 aliphatic rings. The van der Waals surface area contributed by atoms with Crippen molar-refractivity contribution in [2.75, 3.05) is 6.54 Å². The average molecular weight is 318 g/mol. The third-order valence-corrected chi connectivity index (χ3v) is 2.84. The van der Waals surface area contributed by atoms with Gasteiger partial charge in [0.15, 0.2) is 0 Å². The van der Waals surface area contributed by atoms with Gasteiger partial charge in [0, 0.05) is 7.05 Å². The fraction of sp³-hybridized carbons (Fsp3) is 0.417. The molecule has 0 bridgehead atoms. The molecular weight excluding hydrogens is 305 g/mol. The molecule has 2 rings (SSSR count). The molecule has 0 aliphatic carbocycles. The Kier molecular flexibility index (Phi) is 4.38. The molecule has 2 aromatic rings. The Morgan fingerprint density at radius 3 is 2.68 bits per heavy atom. The highest BCUT2D eigenvalue weighted by Gasteiger charge is 2.33. The van der Waals surface area contributed by atoms with Gasteiger partial charge in [-0.2, -0.15) is 18.3 Å². The van der Waals surface area contributed by atoms with Crippen LogP contribution in [-0.2, 0) is 24.9 Å². The Bertz CT molecular complexity index is 687. The standard InChI is InChI=1S/C12H13F3N4O3/c1-17-11(21)19(8-16-17)6-10(20)18(7-12(13,14)15)5-9-3-2-4-22-9/h2-4,8H,5-7H2,1H3. The van der Waals surface area contributed by atoms with Crippen molar-refractivity contribution < 1.29 is 22.4 Å². The zero-order chi connectivity index (χ0) is 16.3. The van der Waals surface area contributed by atoms with Crippen molar-refractivity contribution in [3.8, 4) is 0 Å². The van der Waals surface area contributed by atoms with Crippen molar-refractivity contribution in [2.45, 2.75) is 19.3 Å². The number of amides is 1. The average Bonchev–Trinajstić information content (AvgIpc) is 3.02. The first-order chi connectivity index (χ1) is 10.3. The van der Waals surface area contributed by atoms with E-state index < -0.39 is 30.9 Å². The van der Waals surface area contributed by atoms with Gasteiger partial charge in [0.05, 0.1) is 12.8 Å². The molecule has 0 unspecified atom stereocenters. The van der Waals surface area contributed by atoms with E-state index in [1.807, 2.05) is 0 Å². The summed E-state index contributed by atoms with van der Waals surface area (Å²) in [5.74, 6) is -0.639. The number of halogens is 3. The summed E-state index contributed by atoms with van der Waals surface area (Å²) < 4.78 is 44.7. The Morgan fingerprint density at radius 2 is 2.18 bits per heavy atom. The summed E-state index contributed by atoms with van der Waals surface area (Å²) in [5, 5.41) is 3.63. The van der Waals surface area contributed by atoms with E-state index in [9.17, 15) is 22.8 Å². The topological polar surface area (TPSA) is 73.3 Å². The highest BCUT2D eigenvalue weighted by Crippen LogP contribution is 2.18. The maximum Gasteiger partial charge on any atom is 0.406 e. The molecule has 0 saturated heterocycles. The van der Waals surface area contributed by atoms with E-state index in [4.69, 9.17) is 4.42 Å². The van der Waals surface area contributed by atoms with Crippen LogP contribution >= 0.6 is 0 Å². The first-order valence-electron chi connectivity index (χ1n) is 6.21. The predicted octanol–water partition coefficient (Wildman–Crippen LogP) is 0.766. The van der Waals surface area contributed by atoms with Crippen molar-refractivity contribution in [1.82, 2.24) is 19.2 Å². The monoisotopic (exact) mass is 318 g/mol. The summed E-state index contributed by atoms with van der Waals surface area (Å²) in [6, 6.07) is 2.98. The molecule has 0 saturated carbocycles. The molecular formula is C12H13F3N4O3. The van der Waals surface area contributed by atoms with Gasteiger partial charge in [-0.25, -0.2) is 9.48 Å². The van der Waals surface area contributed by atoms with Crippen LogP contribution in [0.15, 0.2) is 33.9 Å². The Balaban J connectivity index is 2.14. The zero-order valence-corrected chi connectivity index (χ0v) is 11.6. The number of furan rings is 1. The van der Waals surface area contributed by atoms with Gasteiger partial charge in [0.1, 0.15) is 25.2 Å². The van der Waals surface area contributed by atoms with E-state index in [0.29, 0.717) is 4.90 Å². The fourth-order valence-electron chi connectivity index (χ4n) is 1.82. The minimum Gasteiger partial charge on any atom is -0.467 e. The molecule has 0 spiro atoms. The zero-order valence-electron chi connectivity index (χ0n) is 11.6. The SMILES string of the molecule is Cn1ncn(CC(=O)N(Cc2ccco2)CC(F)(F)F)c1=O. The van der Waals surface area contributed by atoms with Gasteiger partial charge in [-0.1, -0.05) is 0 Å². The minimum atomic E-state index is -4.55. The molecule has 1 amide bonds. The van der Waals surface area contributed by atoms with Gasteiger partial charge in [-0.05, 0) is 12.1 Å². The summed E-state index contributed by atoms with van der Waals surface area (Å²) in [6.07, 6.45) is -2.15. The lowest BCUT2D eigenvalue weighted by Gasteiger charge is -2.23. The van der Waals surface area contributed by atoms with Crippen molar-refractivity contribution in [1.29, 1.82) is 0 Å². The minimum absolute atomic E-state index is 0.219. The smallest absolute Gasteiger partial charge is 0.406 e. The van der Waals surface area contributed by atoms with Crippen LogP contribution in [0.25, 0.3) is 0 Å². The molecule has 0 radical (unpaired) electrons. The largest absolute Gasteiger partial charge is 0.467 e. The molecule has 0 aromatic carbocycles. The summed E-state index contributed by atoms with van der Waals surface area (Å²) in [5.41, 5.74) is -0.585. The molecule has 10 heteroatoms. The van der Waals surface area contributed by atoms with E-state index >= 15 is 0 Å². The highest BCUT2D eigenvalue weighted by molar-refractivity contribution is 5.76. The second kappa shape index (κ2) is 6.08. The van der Waals surface area contributed by atoms with E-state index in [1.165, 1.54) is 25.4 Å². The number of hydrogen-bond donors (Lipinski definition) is 0. The van der Waals surface area contributed by atoms with Crippen LogP contribution in [0, 0.1) is 0 Å². The summed E-state index contributed by atoms with van der Waals surface area (Å²) >= 11 is 0. The quantitative estimate of drug-likeness (QED) is 0.816. The second-order valence-electron chi connectivity index (χ2n) is 4.61. The van der Waals surface area contributed by atoms with Gasteiger partial charge >= 0.3 is 11.9 Å². The van der Waals surface area contributed by atoms with Crippen LogP contribution in [0.1, 0.15) is 5.76 Å². The van der Waals surface area contributed by atoms with Crippen LogP contribution < -0.4 is 5.69 Å². The van der Waals surface area contributed by atoms with Gasteiger partial charge < -0.3 is 9.32 Å². The molecule has 0 fully saturated rings. The maximum atomic E-state index is 12.6. The number of nitrogens with zero attached hydrogens (tertiary/aromatic N) is 4. The van der Waals surface area contributed by atoms with E-state index in [-0.39, 0.29) is 12.3 Å².